The molecule has 25 heavy (non-hydrogen) atoms. The summed E-state index contributed by atoms with van der Waals surface area (Å²) in [6.45, 7) is 0.741. The third-order valence-electron chi connectivity index (χ3n) is 4.22. The zero-order chi connectivity index (χ0) is 17.8. The van der Waals surface area contributed by atoms with Crippen LogP contribution in [0.3, 0.4) is 0 Å². The highest BCUT2D eigenvalue weighted by Gasteiger charge is 2.22. The van der Waals surface area contributed by atoms with E-state index in [4.69, 9.17) is 16.3 Å². The highest BCUT2D eigenvalue weighted by Crippen LogP contribution is 2.20. The van der Waals surface area contributed by atoms with Gasteiger partial charge in [0.2, 0.25) is 0 Å². The molecule has 0 fully saturated rings. The molecule has 1 amide bonds. The lowest BCUT2D eigenvalue weighted by molar-refractivity contribution is -0.151. The van der Waals surface area contributed by atoms with E-state index in [9.17, 15) is 14.0 Å². The molecule has 130 valence electrons. The molecular weight excluding hydrogens is 345 g/mol. The summed E-state index contributed by atoms with van der Waals surface area (Å²) >= 11 is 5.88. The van der Waals surface area contributed by atoms with Crippen molar-refractivity contribution in [3.63, 3.8) is 0 Å². The topological polar surface area (TPSA) is 46.6 Å². The van der Waals surface area contributed by atoms with Crippen LogP contribution in [0.1, 0.15) is 16.7 Å². The van der Waals surface area contributed by atoms with Crippen LogP contribution >= 0.6 is 11.6 Å². The van der Waals surface area contributed by atoms with Gasteiger partial charge in [-0.2, -0.15) is 0 Å². The van der Waals surface area contributed by atoms with Crippen LogP contribution in [-0.2, 0) is 33.7 Å². The van der Waals surface area contributed by atoms with Crippen LogP contribution in [0.4, 0.5) is 4.39 Å². The Kier molecular flexibility index (Phi) is 5.34. The van der Waals surface area contributed by atoms with Gasteiger partial charge in [-0.05, 0) is 29.7 Å². The molecule has 0 saturated carbocycles. The summed E-state index contributed by atoms with van der Waals surface area (Å²) in [5.74, 6) is -1.51. The molecule has 2 aromatic rings. The minimum absolute atomic E-state index is 0.0773. The molecule has 0 saturated heterocycles. The molecule has 1 heterocycles. The van der Waals surface area contributed by atoms with Gasteiger partial charge in [-0.1, -0.05) is 41.9 Å². The number of esters is 1. The van der Waals surface area contributed by atoms with Crippen molar-refractivity contribution in [2.75, 3.05) is 13.2 Å². The maximum absolute atomic E-state index is 13.7. The lowest BCUT2D eigenvalue weighted by atomic mass is 10.00. The summed E-state index contributed by atoms with van der Waals surface area (Å²) in [7, 11) is 0. The van der Waals surface area contributed by atoms with Gasteiger partial charge < -0.3 is 9.64 Å². The number of carbonyl (C=O) groups is 2. The normalized spacial score (nSPS) is 13.3. The Morgan fingerprint density at radius 1 is 1.12 bits per heavy atom. The van der Waals surface area contributed by atoms with Gasteiger partial charge in [-0.15, -0.1) is 0 Å². The average Bonchev–Trinajstić information content (AvgIpc) is 2.62. The Labute approximate surface area is 150 Å². The summed E-state index contributed by atoms with van der Waals surface area (Å²) in [5.41, 5.74) is 2.41. The van der Waals surface area contributed by atoms with Gasteiger partial charge >= 0.3 is 5.97 Å². The van der Waals surface area contributed by atoms with Crippen LogP contribution in [0, 0.1) is 5.82 Å². The van der Waals surface area contributed by atoms with Crippen molar-refractivity contribution in [1.82, 2.24) is 4.90 Å². The molecule has 1 aliphatic heterocycles. The summed E-state index contributed by atoms with van der Waals surface area (Å²) < 4.78 is 18.7. The number of carbonyl (C=O) groups excluding carboxylic acids is 2. The molecule has 1 aliphatic rings. The summed E-state index contributed by atoms with van der Waals surface area (Å²) in [5, 5.41) is 0.163. The Morgan fingerprint density at radius 3 is 2.64 bits per heavy atom. The Hall–Kier alpha value is -2.40. The second-order valence-corrected chi connectivity index (χ2v) is 6.28. The van der Waals surface area contributed by atoms with Gasteiger partial charge in [-0.25, -0.2) is 4.39 Å². The zero-order valence-electron chi connectivity index (χ0n) is 13.5. The van der Waals surface area contributed by atoms with E-state index in [0.717, 1.165) is 12.0 Å². The smallest absolute Gasteiger partial charge is 0.310 e. The SMILES string of the molecule is O=C(Cc1c(F)cccc1Cl)OCC(=O)N1CCc2ccccc2C1. The molecule has 0 N–H and O–H groups in total. The number of halogens is 2. The van der Waals surface area contributed by atoms with E-state index in [0.29, 0.717) is 13.1 Å². The maximum Gasteiger partial charge on any atom is 0.310 e. The minimum atomic E-state index is -0.683. The molecule has 0 aromatic heterocycles. The van der Waals surface area contributed by atoms with E-state index < -0.39 is 11.8 Å². The second-order valence-electron chi connectivity index (χ2n) is 5.87. The molecule has 0 bridgehead atoms. The van der Waals surface area contributed by atoms with Crippen LogP contribution in [0.2, 0.25) is 5.02 Å². The van der Waals surface area contributed by atoms with Gasteiger partial charge in [0.25, 0.3) is 5.91 Å². The molecule has 2 aromatic carbocycles. The van der Waals surface area contributed by atoms with E-state index in [1.165, 1.54) is 23.8 Å². The van der Waals surface area contributed by atoms with Crippen molar-refractivity contribution in [3.8, 4) is 0 Å². The fraction of sp³-hybridized carbons (Fsp3) is 0.263. The van der Waals surface area contributed by atoms with E-state index in [2.05, 4.69) is 6.07 Å². The fourth-order valence-electron chi connectivity index (χ4n) is 2.84. The quantitative estimate of drug-likeness (QED) is 0.786. The van der Waals surface area contributed by atoms with Crippen LogP contribution in [0.5, 0.6) is 0 Å². The van der Waals surface area contributed by atoms with E-state index in [1.54, 1.807) is 4.90 Å². The first-order valence-electron chi connectivity index (χ1n) is 7.97. The Balaban J connectivity index is 1.53. The number of benzene rings is 2. The molecule has 0 unspecified atom stereocenters. The molecule has 0 radical (unpaired) electrons. The van der Waals surface area contributed by atoms with Crippen LogP contribution in [-0.4, -0.2) is 29.9 Å². The molecule has 6 heteroatoms. The highest BCUT2D eigenvalue weighted by molar-refractivity contribution is 6.31. The van der Waals surface area contributed by atoms with Gasteiger partial charge in [0.1, 0.15) is 5.82 Å². The van der Waals surface area contributed by atoms with Crippen molar-refractivity contribution in [2.45, 2.75) is 19.4 Å². The average molecular weight is 362 g/mol. The Morgan fingerprint density at radius 2 is 1.88 bits per heavy atom. The van der Waals surface area contributed by atoms with Crippen molar-refractivity contribution < 1.29 is 18.7 Å². The first-order chi connectivity index (χ1) is 12.0. The molecule has 3 rings (SSSR count). The van der Waals surface area contributed by atoms with E-state index in [-0.39, 0.29) is 29.5 Å². The monoisotopic (exact) mass is 361 g/mol. The highest BCUT2D eigenvalue weighted by atomic mass is 35.5. The molecule has 0 aliphatic carbocycles. The third-order valence-corrected chi connectivity index (χ3v) is 4.58. The van der Waals surface area contributed by atoms with Crippen molar-refractivity contribution in [3.05, 3.63) is 70.0 Å². The molecule has 0 spiro atoms. The predicted octanol–water partition coefficient (Wildman–Crippen LogP) is 3.15. The standard InChI is InChI=1S/C19H17ClFNO3/c20-16-6-3-7-17(21)15(16)10-19(24)25-12-18(23)22-9-8-13-4-1-2-5-14(13)11-22/h1-7H,8-12H2. The largest absolute Gasteiger partial charge is 0.455 e. The molecular formula is C19H17ClFNO3. The van der Waals surface area contributed by atoms with E-state index >= 15 is 0 Å². The number of hydrogen-bond acceptors (Lipinski definition) is 3. The van der Waals surface area contributed by atoms with Gasteiger partial charge in [-0.3, -0.25) is 9.59 Å². The van der Waals surface area contributed by atoms with Crippen LogP contribution in [0.15, 0.2) is 42.5 Å². The number of rotatable bonds is 4. The van der Waals surface area contributed by atoms with Crippen molar-refractivity contribution in [2.24, 2.45) is 0 Å². The number of hydrogen-bond donors (Lipinski definition) is 0. The van der Waals surface area contributed by atoms with Gasteiger partial charge in [0.05, 0.1) is 6.42 Å². The maximum atomic E-state index is 13.7. The number of nitrogens with zero attached hydrogens (tertiary/aromatic N) is 1. The zero-order valence-corrected chi connectivity index (χ0v) is 14.3. The lowest BCUT2D eigenvalue weighted by Crippen LogP contribution is -2.38. The number of amides is 1. The second kappa shape index (κ2) is 7.66. The first kappa shape index (κ1) is 17.4. The first-order valence-corrected chi connectivity index (χ1v) is 8.35. The number of fused-ring (bicyclic) bond motifs is 1. The number of ether oxygens (including phenoxy) is 1. The van der Waals surface area contributed by atoms with Crippen LogP contribution in [0.25, 0.3) is 0 Å². The summed E-state index contributed by atoms with van der Waals surface area (Å²) in [6.07, 6.45) is 0.475. The Bertz CT molecular complexity index is 789. The van der Waals surface area contributed by atoms with Crippen molar-refractivity contribution in [1.29, 1.82) is 0 Å². The van der Waals surface area contributed by atoms with E-state index in [1.807, 2.05) is 18.2 Å². The fourth-order valence-corrected chi connectivity index (χ4v) is 3.07. The molecule has 4 nitrogen and oxygen atoms in total. The van der Waals surface area contributed by atoms with Crippen LogP contribution < -0.4 is 0 Å². The lowest BCUT2D eigenvalue weighted by Gasteiger charge is -2.28. The van der Waals surface area contributed by atoms with Crippen molar-refractivity contribution >= 4 is 23.5 Å². The predicted molar refractivity (Wildman–Crippen MR) is 91.6 cm³/mol. The minimum Gasteiger partial charge on any atom is -0.455 e. The van der Waals surface area contributed by atoms with Gasteiger partial charge in [0, 0.05) is 23.7 Å². The summed E-state index contributed by atoms with van der Waals surface area (Å²) in [6, 6.07) is 12.1. The molecule has 0 atom stereocenters. The summed E-state index contributed by atoms with van der Waals surface area (Å²) in [4.78, 5) is 25.8. The third kappa shape index (κ3) is 4.17. The van der Waals surface area contributed by atoms with Gasteiger partial charge in [0.15, 0.2) is 6.61 Å².